The third-order valence-corrected chi connectivity index (χ3v) is 8.18. The number of fused-ring (bicyclic) bond motifs is 1. The van der Waals surface area contributed by atoms with Crippen LogP contribution in [0.3, 0.4) is 0 Å². The first-order valence-electron chi connectivity index (χ1n) is 11.8. The summed E-state index contributed by atoms with van der Waals surface area (Å²) in [6.45, 7) is 4.31. The van der Waals surface area contributed by atoms with Gasteiger partial charge >= 0.3 is 0 Å². The Kier molecular flexibility index (Phi) is 6.06. The lowest BCUT2D eigenvalue weighted by Gasteiger charge is -2.30. The zero-order chi connectivity index (χ0) is 22.8. The second-order valence-corrected chi connectivity index (χ2v) is 11.0. The van der Waals surface area contributed by atoms with Crippen molar-refractivity contribution in [1.82, 2.24) is 10.2 Å². The van der Waals surface area contributed by atoms with E-state index in [4.69, 9.17) is 0 Å². The second-order valence-electron chi connectivity index (χ2n) is 9.27. The van der Waals surface area contributed by atoms with Crippen molar-refractivity contribution in [2.24, 2.45) is 5.92 Å². The largest absolute Gasteiger partial charge is 0.355 e. The topological polar surface area (TPSA) is 75.2 Å². The number of rotatable bonds is 5. The maximum atomic E-state index is 13.0. The molecule has 2 heterocycles. The molecule has 1 saturated heterocycles. The van der Waals surface area contributed by atoms with Gasteiger partial charge in [-0.05, 0) is 92.0 Å². The fourth-order valence-electron chi connectivity index (χ4n) is 4.72. The Hall–Kier alpha value is -2.93. The number of nitrogens with zero attached hydrogens (tertiary/aromatic N) is 3. The molecule has 2 aromatic carbocycles. The molecule has 0 radical (unpaired) electrons. The summed E-state index contributed by atoms with van der Waals surface area (Å²) in [4.78, 5) is 2.59. The molecule has 7 heteroatoms. The third-order valence-electron chi connectivity index (χ3n) is 6.80. The zero-order valence-corrected chi connectivity index (χ0v) is 19.8. The highest BCUT2D eigenvalue weighted by Crippen LogP contribution is 2.27. The Balaban J connectivity index is 1.33. The number of hydrogen-bond acceptors (Lipinski definition) is 5. The van der Waals surface area contributed by atoms with Crippen LogP contribution in [0.2, 0.25) is 0 Å². The van der Waals surface area contributed by atoms with E-state index in [1.165, 1.54) is 24.8 Å². The van der Waals surface area contributed by atoms with E-state index < -0.39 is 10.0 Å². The number of nitrogens with one attached hydrogen (secondary N) is 1. The number of benzene rings is 2. The lowest BCUT2D eigenvalue weighted by atomic mass is 9.92. The van der Waals surface area contributed by atoms with Crippen molar-refractivity contribution in [3.05, 3.63) is 65.7 Å². The summed E-state index contributed by atoms with van der Waals surface area (Å²) in [6, 6.07) is 16.8. The van der Waals surface area contributed by atoms with Gasteiger partial charge in [-0.2, -0.15) is 0 Å². The highest BCUT2D eigenvalue weighted by molar-refractivity contribution is 7.92. The van der Waals surface area contributed by atoms with Crippen molar-refractivity contribution in [3.63, 3.8) is 0 Å². The van der Waals surface area contributed by atoms with Gasteiger partial charge in [0.1, 0.15) is 0 Å². The van der Waals surface area contributed by atoms with Crippen molar-refractivity contribution in [3.8, 4) is 11.3 Å². The number of anilines is 2. The van der Waals surface area contributed by atoms with Gasteiger partial charge in [-0.15, -0.1) is 10.2 Å². The van der Waals surface area contributed by atoms with Gasteiger partial charge in [0.15, 0.2) is 5.82 Å². The predicted octanol–water partition coefficient (Wildman–Crippen LogP) is 5.06. The Morgan fingerprint density at radius 3 is 2.45 bits per heavy atom. The first kappa shape index (κ1) is 21.9. The smallest absolute Gasteiger partial charge is 0.261 e. The second kappa shape index (κ2) is 9.14. The molecule has 1 N–H and O–H groups in total. The van der Waals surface area contributed by atoms with Gasteiger partial charge in [-0.3, -0.25) is 4.72 Å². The van der Waals surface area contributed by atoms with Crippen molar-refractivity contribution in [1.29, 1.82) is 0 Å². The number of piperidine rings is 1. The lowest BCUT2D eigenvalue weighted by Crippen LogP contribution is -2.33. The summed E-state index contributed by atoms with van der Waals surface area (Å²) in [5.74, 6) is 1.66. The molecule has 0 unspecified atom stereocenters. The summed E-state index contributed by atoms with van der Waals surface area (Å²) < 4.78 is 28.8. The zero-order valence-electron chi connectivity index (χ0n) is 19.0. The molecule has 1 aliphatic heterocycles. The van der Waals surface area contributed by atoms with Gasteiger partial charge < -0.3 is 4.90 Å². The summed E-state index contributed by atoms with van der Waals surface area (Å²) in [7, 11) is -3.66. The fraction of sp³-hybridized carbons (Fsp3) is 0.385. The average molecular weight is 463 g/mol. The van der Waals surface area contributed by atoms with Gasteiger partial charge in [0.25, 0.3) is 10.0 Å². The van der Waals surface area contributed by atoms with Crippen molar-refractivity contribution >= 4 is 21.5 Å². The monoisotopic (exact) mass is 462 g/mol. The van der Waals surface area contributed by atoms with Crippen LogP contribution in [0.5, 0.6) is 0 Å². The summed E-state index contributed by atoms with van der Waals surface area (Å²) in [5.41, 5.74) is 4.48. The minimum atomic E-state index is -3.66. The molecule has 2 aliphatic rings. The summed E-state index contributed by atoms with van der Waals surface area (Å²) in [5, 5.41) is 8.85. The molecule has 0 amide bonds. The maximum absolute atomic E-state index is 13.0. The Morgan fingerprint density at radius 1 is 0.909 bits per heavy atom. The van der Waals surface area contributed by atoms with Gasteiger partial charge in [-0.1, -0.05) is 25.1 Å². The van der Waals surface area contributed by atoms with Crippen molar-refractivity contribution in [2.45, 2.75) is 50.3 Å². The van der Waals surface area contributed by atoms with E-state index in [0.717, 1.165) is 60.9 Å². The summed E-state index contributed by atoms with van der Waals surface area (Å²) >= 11 is 0. The molecular weight excluding hydrogens is 432 g/mol. The van der Waals surface area contributed by atoms with Crippen LogP contribution in [0.15, 0.2) is 59.5 Å². The van der Waals surface area contributed by atoms with Gasteiger partial charge in [-0.25, -0.2) is 8.42 Å². The predicted molar refractivity (Wildman–Crippen MR) is 132 cm³/mol. The van der Waals surface area contributed by atoms with Crippen LogP contribution in [0.25, 0.3) is 11.3 Å². The fourth-order valence-corrected chi connectivity index (χ4v) is 5.82. The van der Waals surface area contributed by atoms with E-state index in [0.29, 0.717) is 10.6 Å². The normalized spacial score (nSPS) is 16.9. The van der Waals surface area contributed by atoms with Crippen molar-refractivity contribution < 1.29 is 8.42 Å². The molecule has 0 saturated carbocycles. The van der Waals surface area contributed by atoms with Crippen LogP contribution >= 0.6 is 0 Å². The Morgan fingerprint density at radius 2 is 1.70 bits per heavy atom. The molecule has 33 heavy (non-hydrogen) atoms. The van der Waals surface area contributed by atoms with E-state index in [1.807, 2.05) is 42.5 Å². The van der Waals surface area contributed by atoms with Crippen LogP contribution in [0.1, 0.15) is 43.7 Å². The van der Waals surface area contributed by atoms with E-state index in [1.54, 1.807) is 12.1 Å². The quantitative estimate of drug-likeness (QED) is 0.574. The molecule has 3 aromatic rings. The molecule has 0 atom stereocenters. The molecule has 1 fully saturated rings. The average Bonchev–Trinajstić information content (AvgIpc) is 2.84. The molecule has 6 nitrogen and oxygen atoms in total. The standard InChI is InChI=1S/C26H30N4O2S/c1-19-13-15-30(16-14-19)26-12-11-25(27-28-26)22-7-4-8-23(17-22)29-33(31,32)24-10-9-20-5-2-3-6-21(20)18-24/h4,7-12,17-19,29H,2-3,5-6,13-16H2,1H3. The Labute approximate surface area is 196 Å². The first-order valence-corrected chi connectivity index (χ1v) is 13.3. The van der Waals surface area contributed by atoms with Gasteiger partial charge in [0.2, 0.25) is 0 Å². The first-order chi connectivity index (χ1) is 16.0. The molecule has 0 spiro atoms. The Bertz CT molecular complexity index is 1230. The van der Waals surface area contributed by atoms with E-state index in [9.17, 15) is 8.42 Å². The molecule has 5 rings (SSSR count). The molecular formula is C26H30N4O2S. The van der Waals surface area contributed by atoms with Crippen LogP contribution in [0.4, 0.5) is 11.5 Å². The third kappa shape index (κ3) is 4.88. The lowest BCUT2D eigenvalue weighted by molar-refractivity contribution is 0.436. The molecule has 1 aliphatic carbocycles. The van der Waals surface area contributed by atoms with Gasteiger partial charge in [0.05, 0.1) is 10.6 Å². The highest BCUT2D eigenvalue weighted by Gasteiger charge is 2.19. The van der Waals surface area contributed by atoms with Crippen molar-refractivity contribution in [2.75, 3.05) is 22.7 Å². The van der Waals surface area contributed by atoms with Crippen LogP contribution in [-0.4, -0.2) is 31.7 Å². The minimum Gasteiger partial charge on any atom is -0.355 e. The van der Waals surface area contributed by atoms with Crippen LogP contribution in [0, 0.1) is 5.92 Å². The molecule has 0 bridgehead atoms. The molecule has 1 aromatic heterocycles. The van der Waals surface area contributed by atoms with E-state index in [-0.39, 0.29) is 0 Å². The van der Waals surface area contributed by atoms with Crippen LogP contribution < -0.4 is 9.62 Å². The minimum absolute atomic E-state index is 0.313. The number of aromatic nitrogens is 2. The van der Waals surface area contributed by atoms with E-state index in [2.05, 4.69) is 26.7 Å². The van der Waals surface area contributed by atoms with E-state index >= 15 is 0 Å². The maximum Gasteiger partial charge on any atom is 0.261 e. The molecule has 172 valence electrons. The van der Waals surface area contributed by atoms with Crippen LogP contribution in [-0.2, 0) is 22.9 Å². The van der Waals surface area contributed by atoms with Gasteiger partial charge in [0, 0.05) is 24.3 Å². The SMILES string of the molecule is CC1CCN(c2ccc(-c3cccc(NS(=O)(=O)c4ccc5c(c4)CCCC5)c3)nn2)CC1. The number of aryl methyl sites for hydroxylation is 2. The number of sulfonamides is 1. The highest BCUT2D eigenvalue weighted by atomic mass is 32.2. The summed E-state index contributed by atoms with van der Waals surface area (Å²) in [6.07, 6.45) is 6.61. The number of hydrogen-bond donors (Lipinski definition) is 1.